The Morgan fingerprint density at radius 3 is 2.35 bits per heavy atom. The van der Waals surface area contributed by atoms with Crippen molar-refractivity contribution in [1.82, 2.24) is 19.7 Å². The molecule has 1 aliphatic rings. The van der Waals surface area contributed by atoms with E-state index in [2.05, 4.69) is 10.4 Å². The van der Waals surface area contributed by atoms with Gasteiger partial charge < -0.3 is 5.32 Å². The summed E-state index contributed by atoms with van der Waals surface area (Å²) in [4.78, 5) is 11.4. The zero-order chi connectivity index (χ0) is 22.1. The van der Waals surface area contributed by atoms with E-state index in [-0.39, 0.29) is 5.70 Å². The summed E-state index contributed by atoms with van der Waals surface area (Å²) in [6.07, 6.45) is -2.14. The number of fused-ring (bicyclic) bond motifs is 3. The number of amides is 1. The van der Waals surface area contributed by atoms with Crippen LogP contribution in [-0.4, -0.2) is 26.2 Å². The minimum Gasteiger partial charge on any atom is -0.320 e. The molecule has 0 unspecified atom stereocenters. The zero-order valence-electron chi connectivity index (χ0n) is 15.8. The number of aryl methyl sites for hydroxylation is 1. The van der Waals surface area contributed by atoms with Crippen LogP contribution in [-0.2, 0) is 18.0 Å². The molecule has 0 radical (unpaired) electrons. The van der Waals surface area contributed by atoms with Gasteiger partial charge in [0.2, 0.25) is 0 Å². The highest BCUT2D eigenvalue weighted by molar-refractivity contribution is 6.09. The third-order valence-corrected chi connectivity index (χ3v) is 5.19. The Balaban J connectivity index is 1.70. The van der Waals surface area contributed by atoms with Gasteiger partial charge in [-0.15, -0.1) is 0 Å². The van der Waals surface area contributed by atoms with Gasteiger partial charge in [0.1, 0.15) is 0 Å². The van der Waals surface area contributed by atoms with Crippen molar-refractivity contribution in [2.45, 2.75) is 12.1 Å². The van der Waals surface area contributed by atoms with E-state index in [9.17, 15) is 26.7 Å². The second-order valence-corrected chi connectivity index (χ2v) is 7.29. The van der Waals surface area contributed by atoms with Gasteiger partial charge in [0.15, 0.2) is 5.65 Å². The first-order valence-corrected chi connectivity index (χ1v) is 9.12. The number of halogens is 5. The van der Waals surface area contributed by atoms with E-state index >= 15 is 0 Å². The fraction of sp³-hybridized carbons (Fsp3) is 0.143. The monoisotopic (exact) mass is 432 g/mol. The van der Waals surface area contributed by atoms with Crippen LogP contribution in [0.5, 0.6) is 0 Å². The Labute approximate surface area is 171 Å². The van der Waals surface area contributed by atoms with Crippen LogP contribution >= 0.6 is 0 Å². The van der Waals surface area contributed by atoms with Crippen molar-refractivity contribution in [2.24, 2.45) is 7.05 Å². The molecule has 5 nitrogen and oxygen atoms in total. The molecular formula is C21H13F5N4O. The van der Waals surface area contributed by atoms with Crippen molar-refractivity contribution in [3.63, 3.8) is 0 Å². The summed E-state index contributed by atoms with van der Waals surface area (Å²) in [5.41, 5.74) is 1.23. The summed E-state index contributed by atoms with van der Waals surface area (Å²) in [5.74, 6) is -4.98. The molecule has 2 aromatic heterocycles. The highest BCUT2D eigenvalue weighted by Gasteiger charge is 2.42. The number of alkyl halides is 5. The Kier molecular flexibility index (Phi) is 3.83. The van der Waals surface area contributed by atoms with Gasteiger partial charge in [-0.3, -0.25) is 14.0 Å². The van der Waals surface area contributed by atoms with Crippen LogP contribution in [0.3, 0.4) is 0 Å². The number of benzene rings is 2. The molecule has 0 fully saturated rings. The van der Waals surface area contributed by atoms with E-state index in [1.165, 1.54) is 12.1 Å². The summed E-state index contributed by atoms with van der Waals surface area (Å²) >= 11 is 0. The van der Waals surface area contributed by atoms with Gasteiger partial charge in [0.25, 0.3) is 5.91 Å². The molecule has 3 heterocycles. The van der Waals surface area contributed by atoms with Gasteiger partial charge in [-0.2, -0.15) is 27.1 Å². The topological polar surface area (TPSA) is 51.9 Å². The lowest BCUT2D eigenvalue weighted by Crippen LogP contribution is -2.30. The van der Waals surface area contributed by atoms with Gasteiger partial charge in [-0.25, -0.2) is 0 Å². The second kappa shape index (κ2) is 6.16. The first-order chi connectivity index (χ1) is 14.5. The van der Waals surface area contributed by atoms with E-state index in [0.29, 0.717) is 39.3 Å². The highest BCUT2D eigenvalue weighted by Crippen LogP contribution is 2.36. The predicted octanol–water partition coefficient (Wildman–Crippen LogP) is 4.64. The third kappa shape index (κ3) is 2.97. The third-order valence-electron chi connectivity index (χ3n) is 5.19. The molecule has 31 heavy (non-hydrogen) atoms. The minimum absolute atomic E-state index is 0.00350. The van der Waals surface area contributed by atoms with E-state index in [4.69, 9.17) is 0 Å². The lowest BCUT2D eigenvalue weighted by Gasteiger charge is -2.10. The largest absolute Gasteiger partial charge is 0.416 e. The van der Waals surface area contributed by atoms with Crippen molar-refractivity contribution in [1.29, 1.82) is 0 Å². The number of nitrogens with one attached hydrogen (secondary N) is 1. The van der Waals surface area contributed by atoms with Crippen LogP contribution in [0.15, 0.2) is 54.7 Å². The molecule has 0 bridgehead atoms. The van der Waals surface area contributed by atoms with Crippen LogP contribution in [0.2, 0.25) is 0 Å². The molecule has 1 aliphatic heterocycles. The first kappa shape index (κ1) is 19.3. The quantitative estimate of drug-likeness (QED) is 0.469. The lowest BCUT2D eigenvalue weighted by atomic mass is 10.1. The summed E-state index contributed by atoms with van der Waals surface area (Å²) in [6.45, 7) is 0. The number of hydrogen-bond acceptors (Lipinski definition) is 2. The Morgan fingerprint density at radius 1 is 1.03 bits per heavy atom. The molecule has 2 aromatic carbocycles. The standard InChI is InChI=1S/C21H13F5N4O/c1-29-10-15-14-8-11(16-9-20(22,23)19(31)27-16)2-7-17(14)30(18(15)28-29)13-5-3-12(4-6-13)21(24,25)26/h2-10H,1H3,(H,27,31). The maximum Gasteiger partial charge on any atom is 0.416 e. The molecule has 1 N–H and O–H groups in total. The molecule has 0 aliphatic carbocycles. The maximum atomic E-state index is 13.6. The van der Waals surface area contributed by atoms with Gasteiger partial charge >= 0.3 is 12.1 Å². The van der Waals surface area contributed by atoms with E-state index in [1.807, 2.05) is 0 Å². The molecule has 0 saturated heterocycles. The molecule has 0 atom stereocenters. The number of nitrogens with zero attached hydrogens (tertiary/aromatic N) is 3. The smallest absolute Gasteiger partial charge is 0.320 e. The maximum absolute atomic E-state index is 13.6. The van der Waals surface area contributed by atoms with Crippen LogP contribution in [0, 0.1) is 0 Å². The zero-order valence-corrected chi connectivity index (χ0v) is 15.8. The minimum atomic E-state index is -4.45. The molecule has 10 heteroatoms. The van der Waals surface area contributed by atoms with Crippen molar-refractivity contribution >= 4 is 33.5 Å². The van der Waals surface area contributed by atoms with Crippen LogP contribution in [0.4, 0.5) is 22.0 Å². The fourth-order valence-corrected chi connectivity index (χ4v) is 3.77. The fourth-order valence-electron chi connectivity index (χ4n) is 3.77. The molecular weight excluding hydrogens is 419 g/mol. The van der Waals surface area contributed by atoms with E-state index in [0.717, 1.165) is 12.1 Å². The van der Waals surface area contributed by atoms with Gasteiger partial charge in [0.05, 0.1) is 16.8 Å². The normalized spacial score (nSPS) is 16.2. The Bertz CT molecular complexity index is 1390. The second-order valence-electron chi connectivity index (χ2n) is 7.29. The first-order valence-electron chi connectivity index (χ1n) is 9.12. The van der Waals surface area contributed by atoms with E-state index in [1.54, 1.807) is 40.7 Å². The average molecular weight is 432 g/mol. The Morgan fingerprint density at radius 2 is 1.74 bits per heavy atom. The number of carbonyl (C=O) groups is 1. The van der Waals surface area contributed by atoms with E-state index < -0.39 is 23.6 Å². The van der Waals surface area contributed by atoms with Crippen molar-refractivity contribution in [3.8, 4) is 5.69 Å². The molecule has 158 valence electrons. The molecule has 0 spiro atoms. The van der Waals surface area contributed by atoms with Crippen LogP contribution < -0.4 is 5.32 Å². The number of rotatable bonds is 2. The predicted molar refractivity (Wildman–Crippen MR) is 104 cm³/mol. The molecule has 5 rings (SSSR count). The summed E-state index contributed by atoms with van der Waals surface area (Å²) in [5, 5.41) is 7.94. The molecule has 0 saturated carbocycles. The number of hydrogen-bond donors (Lipinski definition) is 1. The molecule has 4 aromatic rings. The van der Waals surface area contributed by atoms with Gasteiger partial charge in [-0.05, 0) is 42.0 Å². The summed E-state index contributed by atoms with van der Waals surface area (Å²) < 4.78 is 69.3. The van der Waals surface area contributed by atoms with Crippen LogP contribution in [0.25, 0.3) is 33.3 Å². The van der Waals surface area contributed by atoms with Crippen molar-refractivity contribution < 1.29 is 26.7 Å². The Hall–Kier alpha value is -3.69. The van der Waals surface area contributed by atoms with Crippen molar-refractivity contribution in [2.75, 3.05) is 0 Å². The highest BCUT2D eigenvalue weighted by atomic mass is 19.4. The summed E-state index contributed by atoms with van der Waals surface area (Å²) in [6, 6.07) is 9.56. The average Bonchev–Trinajstić information content (AvgIpc) is 3.30. The lowest BCUT2D eigenvalue weighted by molar-refractivity contribution is -0.137. The van der Waals surface area contributed by atoms with Gasteiger partial charge in [-0.1, -0.05) is 6.07 Å². The van der Waals surface area contributed by atoms with Crippen LogP contribution in [0.1, 0.15) is 11.1 Å². The van der Waals surface area contributed by atoms with Gasteiger partial charge in [0, 0.05) is 35.8 Å². The SMILES string of the molecule is Cn1cc2c3cc(C4=CC(F)(F)C(=O)N4)ccc3n(-c3ccc(C(F)(F)F)cc3)c2n1. The molecule has 1 amide bonds. The summed E-state index contributed by atoms with van der Waals surface area (Å²) in [7, 11) is 1.70. The number of carbonyl (C=O) groups excluding carboxylic acids is 1. The van der Waals surface area contributed by atoms with Crippen molar-refractivity contribution in [3.05, 3.63) is 65.9 Å². The number of aromatic nitrogens is 3.